The SMILES string of the molecule is CC(C)S(=O)(=O)Nc1ccc2c(c1)CCO2. The molecule has 0 fully saturated rings. The van der Waals surface area contributed by atoms with Gasteiger partial charge in [-0.2, -0.15) is 0 Å². The molecule has 0 amide bonds. The third-order valence-electron chi connectivity index (χ3n) is 2.57. The van der Waals surface area contributed by atoms with Crippen molar-refractivity contribution in [3.63, 3.8) is 0 Å². The van der Waals surface area contributed by atoms with E-state index in [1.54, 1.807) is 26.0 Å². The maximum absolute atomic E-state index is 11.7. The van der Waals surface area contributed by atoms with E-state index < -0.39 is 15.3 Å². The van der Waals surface area contributed by atoms with Crippen LogP contribution < -0.4 is 9.46 Å². The zero-order valence-corrected chi connectivity index (χ0v) is 10.2. The van der Waals surface area contributed by atoms with E-state index in [0.29, 0.717) is 12.3 Å². The second kappa shape index (κ2) is 3.97. The van der Waals surface area contributed by atoms with Gasteiger partial charge in [0.15, 0.2) is 0 Å². The monoisotopic (exact) mass is 241 g/mol. The Bertz CT molecular complexity index is 494. The molecule has 1 aliphatic heterocycles. The Morgan fingerprint density at radius 3 is 2.81 bits per heavy atom. The minimum atomic E-state index is -3.26. The lowest BCUT2D eigenvalue weighted by atomic mass is 10.1. The van der Waals surface area contributed by atoms with E-state index in [0.717, 1.165) is 17.7 Å². The lowest BCUT2D eigenvalue weighted by molar-refractivity contribution is 0.357. The molecule has 0 bridgehead atoms. The van der Waals surface area contributed by atoms with Crippen LogP contribution in [-0.4, -0.2) is 20.3 Å². The topological polar surface area (TPSA) is 55.4 Å². The fourth-order valence-electron chi connectivity index (χ4n) is 1.53. The van der Waals surface area contributed by atoms with E-state index >= 15 is 0 Å². The van der Waals surface area contributed by atoms with Crippen LogP contribution in [0.2, 0.25) is 0 Å². The van der Waals surface area contributed by atoms with Gasteiger partial charge in [-0.25, -0.2) is 8.42 Å². The van der Waals surface area contributed by atoms with Crippen molar-refractivity contribution >= 4 is 15.7 Å². The molecule has 88 valence electrons. The van der Waals surface area contributed by atoms with Crippen molar-refractivity contribution in [2.45, 2.75) is 25.5 Å². The molecule has 1 aromatic rings. The van der Waals surface area contributed by atoms with Gasteiger partial charge < -0.3 is 4.74 Å². The van der Waals surface area contributed by atoms with Gasteiger partial charge in [0, 0.05) is 12.1 Å². The quantitative estimate of drug-likeness (QED) is 0.877. The second-order valence-corrected chi connectivity index (χ2v) is 6.35. The summed E-state index contributed by atoms with van der Waals surface area (Å²) in [5.41, 5.74) is 1.67. The number of hydrogen-bond acceptors (Lipinski definition) is 3. The first-order chi connectivity index (χ1) is 7.49. The molecule has 0 spiro atoms. The number of ether oxygens (including phenoxy) is 1. The summed E-state index contributed by atoms with van der Waals surface area (Å²) in [7, 11) is -3.26. The van der Waals surface area contributed by atoms with Crippen LogP contribution >= 0.6 is 0 Å². The summed E-state index contributed by atoms with van der Waals surface area (Å²) in [5, 5.41) is -0.433. The largest absolute Gasteiger partial charge is 0.493 e. The summed E-state index contributed by atoms with van der Waals surface area (Å²) in [5.74, 6) is 0.854. The zero-order chi connectivity index (χ0) is 11.8. The first-order valence-corrected chi connectivity index (χ1v) is 6.81. The van der Waals surface area contributed by atoms with Gasteiger partial charge in [0.05, 0.1) is 11.9 Å². The number of nitrogens with one attached hydrogen (secondary N) is 1. The molecule has 0 aliphatic carbocycles. The van der Waals surface area contributed by atoms with Crippen molar-refractivity contribution < 1.29 is 13.2 Å². The average Bonchev–Trinajstić information content (AvgIpc) is 2.63. The third kappa shape index (κ3) is 2.14. The molecule has 0 aromatic heterocycles. The van der Waals surface area contributed by atoms with Crippen molar-refractivity contribution in [2.24, 2.45) is 0 Å². The molecule has 0 atom stereocenters. The van der Waals surface area contributed by atoms with Gasteiger partial charge in [-0.3, -0.25) is 4.72 Å². The van der Waals surface area contributed by atoms with Crippen LogP contribution in [0.3, 0.4) is 0 Å². The van der Waals surface area contributed by atoms with Crippen LogP contribution in [-0.2, 0) is 16.4 Å². The summed E-state index contributed by atoms with van der Waals surface area (Å²) in [6, 6.07) is 5.37. The molecular weight excluding hydrogens is 226 g/mol. The molecule has 4 nitrogen and oxygen atoms in total. The van der Waals surface area contributed by atoms with Crippen LogP contribution in [0.5, 0.6) is 5.75 Å². The molecular formula is C11H15NO3S. The van der Waals surface area contributed by atoms with Crippen LogP contribution in [0.1, 0.15) is 19.4 Å². The van der Waals surface area contributed by atoms with Crippen molar-refractivity contribution in [3.8, 4) is 5.75 Å². The summed E-state index contributed by atoms with van der Waals surface area (Å²) >= 11 is 0. The van der Waals surface area contributed by atoms with Crippen molar-refractivity contribution in [3.05, 3.63) is 23.8 Å². The van der Waals surface area contributed by atoms with Gasteiger partial charge in [-0.15, -0.1) is 0 Å². The van der Waals surface area contributed by atoms with Gasteiger partial charge in [-0.1, -0.05) is 0 Å². The van der Waals surface area contributed by atoms with Crippen LogP contribution in [0.25, 0.3) is 0 Å². The maximum atomic E-state index is 11.7. The highest BCUT2D eigenvalue weighted by atomic mass is 32.2. The van der Waals surface area contributed by atoms with Gasteiger partial charge >= 0.3 is 0 Å². The van der Waals surface area contributed by atoms with E-state index in [4.69, 9.17) is 4.74 Å². The lowest BCUT2D eigenvalue weighted by Gasteiger charge is -2.11. The standard InChI is InChI=1S/C11H15NO3S/c1-8(2)16(13,14)12-10-3-4-11-9(7-10)5-6-15-11/h3-4,7-8,12H,5-6H2,1-2H3. The smallest absolute Gasteiger partial charge is 0.235 e. The highest BCUT2D eigenvalue weighted by Crippen LogP contribution is 2.28. The van der Waals surface area contributed by atoms with E-state index in [1.165, 1.54) is 0 Å². The molecule has 0 unspecified atom stereocenters. The lowest BCUT2D eigenvalue weighted by Crippen LogP contribution is -2.22. The Kier molecular flexibility index (Phi) is 2.80. The Balaban J connectivity index is 2.24. The summed E-state index contributed by atoms with van der Waals surface area (Å²) in [6.07, 6.45) is 0.840. The molecule has 0 saturated carbocycles. The first kappa shape index (κ1) is 11.3. The molecule has 0 radical (unpaired) electrons. The fraction of sp³-hybridized carbons (Fsp3) is 0.455. The Labute approximate surface area is 95.7 Å². The zero-order valence-electron chi connectivity index (χ0n) is 9.36. The number of hydrogen-bond donors (Lipinski definition) is 1. The number of rotatable bonds is 3. The molecule has 1 aliphatic rings. The summed E-state index contributed by atoms with van der Waals surface area (Å²) in [4.78, 5) is 0. The van der Waals surface area contributed by atoms with Crippen LogP contribution in [0.4, 0.5) is 5.69 Å². The summed E-state index contributed by atoms with van der Waals surface area (Å²) in [6.45, 7) is 3.98. The minimum absolute atomic E-state index is 0.433. The molecule has 1 N–H and O–H groups in total. The van der Waals surface area contributed by atoms with E-state index in [-0.39, 0.29) is 0 Å². The Morgan fingerprint density at radius 2 is 2.12 bits per heavy atom. The molecule has 0 saturated heterocycles. The maximum Gasteiger partial charge on any atom is 0.235 e. The average molecular weight is 241 g/mol. The Hall–Kier alpha value is -1.23. The first-order valence-electron chi connectivity index (χ1n) is 5.26. The fourth-order valence-corrected chi connectivity index (χ4v) is 2.22. The summed E-state index contributed by atoms with van der Waals surface area (Å²) < 4.78 is 31.2. The predicted molar refractivity (Wildman–Crippen MR) is 63.3 cm³/mol. The molecule has 2 rings (SSSR count). The second-order valence-electron chi connectivity index (χ2n) is 4.12. The highest BCUT2D eigenvalue weighted by Gasteiger charge is 2.17. The Morgan fingerprint density at radius 1 is 1.38 bits per heavy atom. The number of fused-ring (bicyclic) bond motifs is 1. The van der Waals surface area contributed by atoms with Crippen LogP contribution in [0.15, 0.2) is 18.2 Å². The molecule has 1 heterocycles. The predicted octanol–water partition coefficient (Wildman–Crippen LogP) is 1.77. The number of anilines is 1. The van der Waals surface area contributed by atoms with Gasteiger partial charge in [0.1, 0.15) is 5.75 Å². The van der Waals surface area contributed by atoms with Gasteiger partial charge in [-0.05, 0) is 37.6 Å². The van der Waals surface area contributed by atoms with Gasteiger partial charge in [0.25, 0.3) is 0 Å². The van der Waals surface area contributed by atoms with Crippen molar-refractivity contribution in [2.75, 3.05) is 11.3 Å². The van der Waals surface area contributed by atoms with E-state index in [2.05, 4.69) is 4.72 Å². The third-order valence-corrected chi connectivity index (χ3v) is 4.33. The van der Waals surface area contributed by atoms with Crippen molar-refractivity contribution in [1.29, 1.82) is 0 Å². The number of benzene rings is 1. The van der Waals surface area contributed by atoms with E-state index in [1.807, 2.05) is 6.07 Å². The highest BCUT2D eigenvalue weighted by molar-refractivity contribution is 7.93. The number of sulfonamides is 1. The molecule has 5 heteroatoms. The molecule has 1 aromatic carbocycles. The van der Waals surface area contributed by atoms with Crippen molar-refractivity contribution in [1.82, 2.24) is 0 Å². The van der Waals surface area contributed by atoms with Crippen LogP contribution in [0, 0.1) is 0 Å². The van der Waals surface area contributed by atoms with E-state index in [9.17, 15) is 8.42 Å². The molecule has 16 heavy (non-hydrogen) atoms. The normalized spacial score (nSPS) is 14.7. The van der Waals surface area contributed by atoms with Gasteiger partial charge in [0.2, 0.25) is 10.0 Å². The minimum Gasteiger partial charge on any atom is -0.493 e.